The first-order chi connectivity index (χ1) is 10.5. The minimum Gasteiger partial charge on any atom is -0.383 e. The maximum absolute atomic E-state index is 12.2. The lowest BCUT2D eigenvalue weighted by Crippen LogP contribution is -2.11. The summed E-state index contributed by atoms with van der Waals surface area (Å²) in [5.74, 6) is 0.138. The Balaban J connectivity index is 1.90. The number of amides is 1. The van der Waals surface area contributed by atoms with E-state index >= 15 is 0 Å². The summed E-state index contributed by atoms with van der Waals surface area (Å²) in [6, 6.07) is 11.8. The Labute approximate surface area is 131 Å². The molecular weight excluding hydrogens is 302 g/mol. The van der Waals surface area contributed by atoms with E-state index in [4.69, 9.17) is 23.1 Å². The van der Waals surface area contributed by atoms with Gasteiger partial charge in [0.05, 0.1) is 5.52 Å². The minimum absolute atomic E-state index is 0.114. The van der Waals surface area contributed by atoms with Gasteiger partial charge in [0.15, 0.2) is 0 Å². The van der Waals surface area contributed by atoms with Crippen molar-refractivity contribution in [3.05, 3.63) is 53.1 Å². The molecular formula is C15H12ClN5O. The quantitative estimate of drug-likeness (QED) is 0.674. The zero-order valence-corrected chi connectivity index (χ0v) is 12.1. The maximum Gasteiger partial charge on any atom is 0.255 e. The predicted octanol–water partition coefficient (Wildman–Crippen LogP) is 2.70. The Morgan fingerprint density at radius 3 is 2.50 bits per heavy atom. The Morgan fingerprint density at radius 1 is 1.05 bits per heavy atom. The molecule has 1 amide bonds. The third-order valence-electron chi connectivity index (χ3n) is 3.11. The van der Waals surface area contributed by atoms with Gasteiger partial charge in [-0.15, -0.1) is 0 Å². The molecule has 3 rings (SSSR count). The fourth-order valence-corrected chi connectivity index (χ4v) is 2.18. The molecule has 0 radical (unpaired) electrons. The van der Waals surface area contributed by atoms with Gasteiger partial charge < -0.3 is 16.8 Å². The number of nitrogens with two attached hydrogens (primary N) is 2. The summed E-state index contributed by atoms with van der Waals surface area (Å²) in [5.41, 5.74) is 13.1. The maximum atomic E-state index is 12.2. The highest BCUT2D eigenvalue weighted by atomic mass is 35.5. The molecule has 6 nitrogen and oxygen atoms in total. The van der Waals surface area contributed by atoms with Crippen LogP contribution in [0.5, 0.6) is 0 Å². The molecule has 110 valence electrons. The van der Waals surface area contributed by atoms with Crippen molar-refractivity contribution in [1.29, 1.82) is 0 Å². The van der Waals surface area contributed by atoms with E-state index in [2.05, 4.69) is 15.3 Å². The van der Waals surface area contributed by atoms with Crippen LogP contribution in [-0.4, -0.2) is 15.9 Å². The molecule has 0 aliphatic carbocycles. The van der Waals surface area contributed by atoms with Gasteiger partial charge in [-0.2, -0.15) is 4.98 Å². The summed E-state index contributed by atoms with van der Waals surface area (Å²) in [6.45, 7) is 0. The molecule has 0 spiro atoms. The van der Waals surface area contributed by atoms with Gasteiger partial charge in [-0.25, -0.2) is 4.98 Å². The monoisotopic (exact) mass is 313 g/mol. The summed E-state index contributed by atoms with van der Waals surface area (Å²) in [5, 5.41) is 3.99. The molecule has 0 bridgehead atoms. The van der Waals surface area contributed by atoms with Gasteiger partial charge in [0.1, 0.15) is 5.82 Å². The lowest BCUT2D eigenvalue weighted by Gasteiger charge is -2.08. The van der Waals surface area contributed by atoms with E-state index in [1.165, 1.54) is 0 Å². The first-order valence-corrected chi connectivity index (χ1v) is 6.80. The van der Waals surface area contributed by atoms with Crippen molar-refractivity contribution in [3.8, 4) is 0 Å². The molecule has 0 aliphatic heterocycles. The van der Waals surface area contributed by atoms with Gasteiger partial charge in [0, 0.05) is 21.7 Å². The number of hydrogen-bond acceptors (Lipinski definition) is 5. The van der Waals surface area contributed by atoms with Crippen LogP contribution in [0.2, 0.25) is 5.02 Å². The summed E-state index contributed by atoms with van der Waals surface area (Å²) in [7, 11) is 0. The van der Waals surface area contributed by atoms with Crippen molar-refractivity contribution < 1.29 is 4.79 Å². The molecule has 0 unspecified atom stereocenters. The average Bonchev–Trinajstić information content (AvgIpc) is 2.48. The molecule has 1 heterocycles. The zero-order valence-electron chi connectivity index (χ0n) is 11.4. The Hall–Kier alpha value is -2.86. The van der Waals surface area contributed by atoms with Gasteiger partial charge in [-0.3, -0.25) is 4.79 Å². The first kappa shape index (κ1) is 14.1. The van der Waals surface area contributed by atoms with Crippen molar-refractivity contribution in [1.82, 2.24) is 9.97 Å². The van der Waals surface area contributed by atoms with Crippen LogP contribution in [0.15, 0.2) is 42.5 Å². The topological polar surface area (TPSA) is 107 Å². The number of nitrogens with one attached hydrogen (secondary N) is 1. The van der Waals surface area contributed by atoms with E-state index in [1.807, 2.05) is 0 Å². The van der Waals surface area contributed by atoms with Gasteiger partial charge in [0.25, 0.3) is 5.91 Å². The van der Waals surface area contributed by atoms with Crippen LogP contribution in [0, 0.1) is 0 Å². The number of aromatic nitrogens is 2. The highest BCUT2D eigenvalue weighted by molar-refractivity contribution is 6.30. The van der Waals surface area contributed by atoms with Crippen LogP contribution < -0.4 is 16.8 Å². The Morgan fingerprint density at radius 2 is 1.77 bits per heavy atom. The van der Waals surface area contributed by atoms with Crippen molar-refractivity contribution in [2.45, 2.75) is 0 Å². The molecule has 1 aromatic heterocycles. The third-order valence-corrected chi connectivity index (χ3v) is 3.36. The smallest absolute Gasteiger partial charge is 0.255 e. The van der Waals surface area contributed by atoms with Crippen LogP contribution in [0.3, 0.4) is 0 Å². The Kier molecular flexibility index (Phi) is 3.52. The normalized spacial score (nSPS) is 10.6. The fourth-order valence-electron chi connectivity index (χ4n) is 2.05. The van der Waals surface area contributed by atoms with Gasteiger partial charge in [-0.05, 0) is 42.5 Å². The van der Waals surface area contributed by atoms with Crippen molar-refractivity contribution in [3.63, 3.8) is 0 Å². The number of fused-ring (bicyclic) bond motifs is 1. The average molecular weight is 314 g/mol. The molecule has 2 aromatic carbocycles. The van der Waals surface area contributed by atoms with Crippen LogP contribution in [-0.2, 0) is 0 Å². The molecule has 3 aromatic rings. The molecule has 0 saturated heterocycles. The SMILES string of the molecule is Nc1nc(N)c2cc(NC(=O)c3ccc(Cl)cc3)ccc2n1. The van der Waals surface area contributed by atoms with Crippen LogP contribution in [0.25, 0.3) is 10.9 Å². The van der Waals surface area contributed by atoms with Gasteiger partial charge >= 0.3 is 0 Å². The fraction of sp³-hybridized carbons (Fsp3) is 0. The molecule has 0 saturated carbocycles. The molecule has 0 atom stereocenters. The Bertz CT molecular complexity index is 864. The number of anilines is 3. The van der Waals surface area contributed by atoms with Gasteiger partial charge in [-0.1, -0.05) is 11.6 Å². The number of halogens is 1. The van der Waals surface area contributed by atoms with E-state index < -0.39 is 0 Å². The number of nitrogens with zero attached hydrogens (tertiary/aromatic N) is 2. The number of nitrogen functional groups attached to an aromatic ring is 2. The number of rotatable bonds is 2. The molecule has 5 N–H and O–H groups in total. The first-order valence-electron chi connectivity index (χ1n) is 6.42. The molecule has 0 fully saturated rings. The number of carbonyl (C=O) groups excluding carboxylic acids is 1. The van der Waals surface area contributed by atoms with E-state index in [1.54, 1.807) is 42.5 Å². The van der Waals surface area contributed by atoms with Crippen LogP contribution in [0.4, 0.5) is 17.5 Å². The predicted molar refractivity (Wildman–Crippen MR) is 87.8 cm³/mol. The van der Waals surface area contributed by atoms with E-state index in [9.17, 15) is 4.79 Å². The highest BCUT2D eigenvalue weighted by Crippen LogP contribution is 2.23. The summed E-state index contributed by atoms with van der Waals surface area (Å²) in [4.78, 5) is 20.2. The van der Waals surface area contributed by atoms with Crippen molar-refractivity contribution in [2.75, 3.05) is 16.8 Å². The van der Waals surface area contributed by atoms with Gasteiger partial charge in [0.2, 0.25) is 5.95 Å². The second-order valence-electron chi connectivity index (χ2n) is 4.66. The number of hydrogen-bond donors (Lipinski definition) is 3. The molecule has 22 heavy (non-hydrogen) atoms. The third kappa shape index (κ3) is 2.77. The van der Waals surface area contributed by atoms with E-state index in [0.717, 1.165) is 0 Å². The highest BCUT2D eigenvalue weighted by Gasteiger charge is 2.08. The summed E-state index contributed by atoms with van der Waals surface area (Å²) >= 11 is 5.80. The molecule has 7 heteroatoms. The largest absolute Gasteiger partial charge is 0.383 e. The number of carbonyl (C=O) groups is 1. The number of benzene rings is 2. The van der Waals surface area contributed by atoms with Crippen LogP contribution in [0.1, 0.15) is 10.4 Å². The zero-order chi connectivity index (χ0) is 15.7. The van der Waals surface area contributed by atoms with Crippen LogP contribution >= 0.6 is 11.6 Å². The van der Waals surface area contributed by atoms with Crippen molar-refractivity contribution >= 4 is 45.9 Å². The minimum atomic E-state index is -0.244. The lowest BCUT2D eigenvalue weighted by atomic mass is 10.2. The summed E-state index contributed by atoms with van der Waals surface area (Å²) < 4.78 is 0. The van der Waals surface area contributed by atoms with E-state index in [-0.39, 0.29) is 17.7 Å². The van der Waals surface area contributed by atoms with E-state index in [0.29, 0.717) is 27.2 Å². The second kappa shape index (κ2) is 5.50. The summed E-state index contributed by atoms with van der Waals surface area (Å²) in [6.07, 6.45) is 0. The van der Waals surface area contributed by atoms with Crippen molar-refractivity contribution in [2.24, 2.45) is 0 Å². The lowest BCUT2D eigenvalue weighted by molar-refractivity contribution is 0.102. The second-order valence-corrected chi connectivity index (χ2v) is 5.10. The standard InChI is InChI=1S/C15H12ClN5O/c16-9-3-1-8(2-4-9)14(22)19-10-5-6-12-11(7-10)13(17)21-15(18)20-12/h1-7H,(H,19,22)(H4,17,18,20,21). The molecule has 0 aliphatic rings.